The molecule has 0 unspecified atom stereocenters. The molecule has 0 amide bonds. The minimum Gasteiger partial charge on any atom is -0.496 e. The fourth-order valence-electron chi connectivity index (χ4n) is 2.01. The van der Waals surface area contributed by atoms with Crippen LogP contribution >= 0.6 is 15.9 Å². The van der Waals surface area contributed by atoms with E-state index in [0.717, 1.165) is 22.3 Å². The smallest absolute Gasteiger partial charge is 0.123 e. The van der Waals surface area contributed by atoms with E-state index >= 15 is 0 Å². The van der Waals surface area contributed by atoms with Crippen molar-refractivity contribution in [3.05, 3.63) is 64.1 Å². The van der Waals surface area contributed by atoms with Crippen molar-refractivity contribution in [1.29, 1.82) is 0 Å². The monoisotopic (exact) mass is 319 g/mol. The van der Waals surface area contributed by atoms with Gasteiger partial charge in [-0.15, -0.1) is 0 Å². The Morgan fingerprint density at radius 3 is 2.58 bits per heavy atom. The maximum absolute atomic E-state index is 5.38. The molecule has 1 N–H and O–H groups in total. The van der Waals surface area contributed by atoms with Gasteiger partial charge >= 0.3 is 0 Å². The van der Waals surface area contributed by atoms with Gasteiger partial charge in [-0.3, -0.25) is 0 Å². The third-order valence-electron chi connectivity index (χ3n) is 3.14. The lowest BCUT2D eigenvalue weighted by Gasteiger charge is -2.16. The summed E-state index contributed by atoms with van der Waals surface area (Å²) in [5.41, 5.74) is 2.44. The van der Waals surface area contributed by atoms with Crippen LogP contribution in [0.5, 0.6) is 5.75 Å². The highest BCUT2D eigenvalue weighted by molar-refractivity contribution is 9.10. The molecule has 0 aromatic heterocycles. The lowest BCUT2D eigenvalue weighted by molar-refractivity contribution is 0.406. The third kappa shape index (κ3) is 3.82. The number of methoxy groups -OCH3 is 1. The van der Waals surface area contributed by atoms with Crippen molar-refractivity contribution in [2.45, 2.75) is 19.5 Å². The molecular weight excluding hydrogens is 302 g/mol. The maximum atomic E-state index is 5.38. The number of hydrogen-bond donors (Lipinski definition) is 1. The zero-order chi connectivity index (χ0) is 13.7. The number of benzene rings is 2. The Morgan fingerprint density at radius 1 is 1.16 bits per heavy atom. The van der Waals surface area contributed by atoms with Crippen molar-refractivity contribution in [1.82, 2.24) is 5.32 Å². The van der Waals surface area contributed by atoms with Crippen LogP contribution in [-0.2, 0) is 6.54 Å². The van der Waals surface area contributed by atoms with E-state index in [1.807, 2.05) is 18.2 Å². The zero-order valence-electron chi connectivity index (χ0n) is 11.2. The van der Waals surface area contributed by atoms with Gasteiger partial charge in [0.2, 0.25) is 0 Å². The van der Waals surface area contributed by atoms with Gasteiger partial charge in [0.15, 0.2) is 0 Å². The molecule has 0 bridgehead atoms. The van der Waals surface area contributed by atoms with Gasteiger partial charge in [0.25, 0.3) is 0 Å². The molecule has 2 aromatic rings. The van der Waals surface area contributed by atoms with Crippen LogP contribution in [0.25, 0.3) is 0 Å². The highest BCUT2D eigenvalue weighted by Gasteiger charge is 2.07. The molecule has 1 atom stereocenters. The molecule has 0 spiro atoms. The van der Waals surface area contributed by atoms with Gasteiger partial charge in [0.1, 0.15) is 5.75 Å². The molecule has 0 aliphatic carbocycles. The first-order valence-corrected chi connectivity index (χ1v) is 7.10. The molecule has 0 aliphatic rings. The van der Waals surface area contributed by atoms with Gasteiger partial charge in [-0.25, -0.2) is 0 Å². The predicted molar refractivity (Wildman–Crippen MR) is 82.4 cm³/mol. The Morgan fingerprint density at radius 2 is 1.89 bits per heavy atom. The number of halogens is 1. The zero-order valence-corrected chi connectivity index (χ0v) is 12.8. The summed E-state index contributed by atoms with van der Waals surface area (Å²) in [4.78, 5) is 0. The first-order chi connectivity index (χ1) is 9.20. The number of rotatable bonds is 5. The summed E-state index contributed by atoms with van der Waals surface area (Å²) in [5, 5.41) is 3.52. The first kappa shape index (κ1) is 14.1. The van der Waals surface area contributed by atoms with Crippen LogP contribution in [0.2, 0.25) is 0 Å². The Hall–Kier alpha value is -1.32. The van der Waals surface area contributed by atoms with Crippen LogP contribution in [0.1, 0.15) is 24.1 Å². The van der Waals surface area contributed by atoms with Crippen LogP contribution in [-0.4, -0.2) is 7.11 Å². The van der Waals surface area contributed by atoms with Crippen LogP contribution in [0.4, 0.5) is 0 Å². The van der Waals surface area contributed by atoms with Crippen molar-refractivity contribution in [2.75, 3.05) is 7.11 Å². The van der Waals surface area contributed by atoms with Crippen LogP contribution in [0.3, 0.4) is 0 Å². The second-order valence-electron chi connectivity index (χ2n) is 4.47. The Balaban J connectivity index is 2.04. The van der Waals surface area contributed by atoms with E-state index in [2.05, 4.69) is 58.5 Å². The molecule has 0 saturated heterocycles. The normalized spacial score (nSPS) is 12.2. The molecule has 2 rings (SSSR count). The Kier molecular flexibility index (Phi) is 5.00. The molecular formula is C16H18BrNO. The number of nitrogens with one attached hydrogen (secondary N) is 1. The summed E-state index contributed by atoms with van der Waals surface area (Å²) in [6.45, 7) is 2.94. The van der Waals surface area contributed by atoms with E-state index in [4.69, 9.17) is 4.74 Å². The van der Waals surface area contributed by atoms with Gasteiger partial charge in [-0.05, 0) is 30.7 Å². The highest BCUT2D eigenvalue weighted by atomic mass is 79.9. The topological polar surface area (TPSA) is 21.3 Å². The van der Waals surface area contributed by atoms with Crippen molar-refractivity contribution in [3.63, 3.8) is 0 Å². The number of ether oxygens (including phenoxy) is 1. The number of hydrogen-bond acceptors (Lipinski definition) is 2. The summed E-state index contributed by atoms with van der Waals surface area (Å²) in [6, 6.07) is 16.8. The minimum atomic E-state index is 0.310. The molecule has 0 saturated carbocycles. The van der Waals surface area contributed by atoms with Gasteiger partial charge in [0, 0.05) is 22.6 Å². The third-order valence-corrected chi connectivity index (χ3v) is 3.63. The van der Waals surface area contributed by atoms with Crippen LogP contribution < -0.4 is 10.1 Å². The van der Waals surface area contributed by atoms with Gasteiger partial charge in [-0.1, -0.05) is 46.3 Å². The van der Waals surface area contributed by atoms with Crippen LogP contribution in [0, 0.1) is 0 Å². The molecule has 2 nitrogen and oxygen atoms in total. The fraction of sp³-hybridized carbons (Fsp3) is 0.250. The van der Waals surface area contributed by atoms with E-state index in [-0.39, 0.29) is 0 Å². The molecule has 0 radical (unpaired) electrons. The summed E-state index contributed by atoms with van der Waals surface area (Å²) in [6.07, 6.45) is 0. The van der Waals surface area contributed by atoms with E-state index in [9.17, 15) is 0 Å². The lowest BCUT2D eigenvalue weighted by Crippen LogP contribution is -2.18. The quantitative estimate of drug-likeness (QED) is 0.886. The molecule has 0 aliphatic heterocycles. The van der Waals surface area contributed by atoms with Crippen molar-refractivity contribution < 1.29 is 4.74 Å². The van der Waals surface area contributed by atoms with E-state index in [0.29, 0.717) is 6.04 Å². The summed E-state index contributed by atoms with van der Waals surface area (Å²) in [7, 11) is 1.70. The van der Waals surface area contributed by atoms with Crippen molar-refractivity contribution >= 4 is 15.9 Å². The molecule has 19 heavy (non-hydrogen) atoms. The Bertz CT molecular complexity index is 528. The average molecular weight is 320 g/mol. The van der Waals surface area contributed by atoms with Gasteiger partial charge in [0.05, 0.1) is 7.11 Å². The summed E-state index contributed by atoms with van der Waals surface area (Å²) < 4.78 is 6.44. The average Bonchev–Trinajstić information content (AvgIpc) is 2.46. The molecule has 0 heterocycles. The fourth-order valence-corrected chi connectivity index (χ4v) is 2.42. The standard InChI is InChI=1S/C16H18BrNO/c1-12(13-6-4-3-5-7-13)18-11-14-10-15(17)8-9-16(14)19-2/h3-10,12,18H,11H2,1-2H3/t12-/m1/s1. The van der Waals surface area contributed by atoms with E-state index in [1.54, 1.807) is 7.11 Å². The van der Waals surface area contributed by atoms with E-state index in [1.165, 1.54) is 5.56 Å². The SMILES string of the molecule is COc1ccc(Br)cc1CN[C@H](C)c1ccccc1. The first-order valence-electron chi connectivity index (χ1n) is 6.31. The largest absolute Gasteiger partial charge is 0.496 e. The maximum Gasteiger partial charge on any atom is 0.123 e. The van der Waals surface area contributed by atoms with E-state index < -0.39 is 0 Å². The van der Waals surface area contributed by atoms with Crippen molar-refractivity contribution in [3.8, 4) is 5.75 Å². The summed E-state index contributed by atoms with van der Waals surface area (Å²) in [5.74, 6) is 0.913. The van der Waals surface area contributed by atoms with Crippen LogP contribution in [0.15, 0.2) is 53.0 Å². The predicted octanol–water partition coefficient (Wildman–Crippen LogP) is 4.31. The molecule has 0 fully saturated rings. The Labute approximate surface area is 122 Å². The minimum absolute atomic E-state index is 0.310. The summed E-state index contributed by atoms with van der Waals surface area (Å²) >= 11 is 3.49. The molecule has 3 heteroatoms. The molecule has 100 valence electrons. The molecule has 2 aromatic carbocycles. The van der Waals surface area contributed by atoms with Crippen molar-refractivity contribution in [2.24, 2.45) is 0 Å². The van der Waals surface area contributed by atoms with Gasteiger partial charge < -0.3 is 10.1 Å². The highest BCUT2D eigenvalue weighted by Crippen LogP contribution is 2.23. The van der Waals surface area contributed by atoms with Gasteiger partial charge in [-0.2, -0.15) is 0 Å². The second-order valence-corrected chi connectivity index (χ2v) is 5.39. The second kappa shape index (κ2) is 6.73. The lowest BCUT2D eigenvalue weighted by atomic mass is 10.1.